The van der Waals surface area contributed by atoms with Gasteiger partial charge in [-0.2, -0.15) is 0 Å². The summed E-state index contributed by atoms with van der Waals surface area (Å²) < 4.78 is 0. The molecule has 0 saturated heterocycles. The lowest BCUT2D eigenvalue weighted by molar-refractivity contribution is -0.114. The summed E-state index contributed by atoms with van der Waals surface area (Å²) in [6.07, 6.45) is 3.83. The van der Waals surface area contributed by atoms with Gasteiger partial charge in [-0.25, -0.2) is 0 Å². The van der Waals surface area contributed by atoms with Crippen LogP contribution in [0.25, 0.3) is 0 Å². The van der Waals surface area contributed by atoms with Crippen LogP contribution in [-0.4, -0.2) is 17.0 Å². The predicted octanol–water partition coefficient (Wildman–Crippen LogP) is 1.05. The maximum absolute atomic E-state index is 10.8. The minimum absolute atomic E-state index is 0.0961. The highest BCUT2D eigenvalue weighted by atomic mass is 16.3. The first-order valence-electron chi connectivity index (χ1n) is 3.58. The number of ketones is 1. The van der Waals surface area contributed by atoms with Crippen LogP contribution in [0.5, 0.6) is 0 Å². The Hall–Kier alpha value is -0.630. The zero-order valence-electron chi connectivity index (χ0n) is 6.13. The molecule has 2 nitrogen and oxygen atoms in total. The number of allylic oxidation sites excluding steroid dienone is 1. The van der Waals surface area contributed by atoms with Gasteiger partial charge in [0.15, 0.2) is 5.78 Å². The van der Waals surface area contributed by atoms with Gasteiger partial charge < -0.3 is 5.11 Å². The lowest BCUT2D eigenvalue weighted by Crippen LogP contribution is -2.14. The monoisotopic (exact) mass is 140 g/mol. The molecule has 0 heterocycles. The van der Waals surface area contributed by atoms with Gasteiger partial charge in [-0.3, -0.25) is 4.79 Å². The summed E-state index contributed by atoms with van der Waals surface area (Å²) in [7, 11) is 0. The molecule has 2 heteroatoms. The highest BCUT2D eigenvalue weighted by Gasteiger charge is 2.14. The Morgan fingerprint density at radius 3 is 2.90 bits per heavy atom. The minimum atomic E-state index is -0.288. The molecular formula is C8H12O2. The molecule has 56 valence electrons. The van der Waals surface area contributed by atoms with E-state index in [9.17, 15) is 4.79 Å². The van der Waals surface area contributed by atoms with Crippen molar-refractivity contribution in [3.8, 4) is 0 Å². The number of rotatable bonds is 1. The third-order valence-corrected chi connectivity index (χ3v) is 1.80. The Bertz CT molecular complexity index is 170. The van der Waals surface area contributed by atoms with Crippen LogP contribution in [0.2, 0.25) is 0 Å². The second-order valence-electron chi connectivity index (χ2n) is 2.72. The van der Waals surface area contributed by atoms with E-state index in [1.54, 1.807) is 6.92 Å². The van der Waals surface area contributed by atoms with Gasteiger partial charge in [-0.1, -0.05) is 6.08 Å². The largest absolute Gasteiger partial charge is 0.393 e. The highest BCUT2D eigenvalue weighted by Crippen LogP contribution is 2.18. The average molecular weight is 140 g/mol. The number of carbonyl (C=O) groups is 1. The topological polar surface area (TPSA) is 37.3 Å². The summed E-state index contributed by atoms with van der Waals surface area (Å²) in [6, 6.07) is 0. The SMILES string of the molecule is CC(=O)C1=CCCC(O)C1. The molecule has 0 aliphatic heterocycles. The summed E-state index contributed by atoms with van der Waals surface area (Å²) in [5.74, 6) is 0.0961. The standard InChI is InChI=1S/C8H12O2/c1-6(9)7-3-2-4-8(10)5-7/h3,8,10H,2,4-5H2,1H3. The van der Waals surface area contributed by atoms with Crippen molar-refractivity contribution >= 4 is 5.78 Å². The molecule has 1 aliphatic rings. The fraction of sp³-hybridized carbons (Fsp3) is 0.625. The quantitative estimate of drug-likeness (QED) is 0.591. The zero-order chi connectivity index (χ0) is 7.56. The highest BCUT2D eigenvalue weighted by molar-refractivity contribution is 5.93. The van der Waals surface area contributed by atoms with Crippen molar-refractivity contribution < 1.29 is 9.90 Å². The number of hydrogen-bond acceptors (Lipinski definition) is 2. The van der Waals surface area contributed by atoms with E-state index in [4.69, 9.17) is 5.11 Å². The van der Waals surface area contributed by atoms with E-state index in [-0.39, 0.29) is 11.9 Å². The summed E-state index contributed by atoms with van der Waals surface area (Å²) in [5.41, 5.74) is 0.791. The average Bonchev–Trinajstić information content (AvgIpc) is 1.88. The van der Waals surface area contributed by atoms with Crippen molar-refractivity contribution in [2.75, 3.05) is 0 Å². The Morgan fingerprint density at radius 1 is 1.80 bits per heavy atom. The molecule has 0 aromatic rings. The van der Waals surface area contributed by atoms with Crippen LogP contribution in [0.1, 0.15) is 26.2 Å². The molecule has 1 rings (SSSR count). The second-order valence-corrected chi connectivity index (χ2v) is 2.72. The summed E-state index contributed by atoms with van der Waals surface area (Å²) >= 11 is 0. The van der Waals surface area contributed by atoms with E-state index in [0.717, 1.165) is 18.4 Å². The molecule has 0 fully saturated rings. The lowest BCUT2D eigenvalue weighted by Gasteiger charge is -2.15. The number of hydrogen-bond donors (Lipinski definition) is 1. The van der Waals surface area contributed by atoms with Gasteiger partial charge in [0.2, 0.25) is 0 Å². The van der Waals surface area contributed by atoms with E-state index in [1.165, 1.54) is 0 Å². The molecule has 1 N–H and O–H groups in total. The van der Waals surface area contributed by atoms with E-state index >= 15 is 0 Å². The number of Topliss-reactive ketones (excluding diaryl/α,β-unsaturated/α-hetero) is 1. The molecule has 0 bridgehead atoms. The molecule has 0 aromatic heterocycles. The molecule has 0 amide bonds. The van der Waals surface area contributed by atoms with Crippen LogP contribution >= 0.6 is 0 Å². The molecule has 0 spiro atoms. The van der Waals surface area contributed by atoms with Crippen LogP contribution in [0.15, 0.2) is 11.6 Å². The fourth-order valence-corrected chi connectivity index (χ4v) is 1.18. The molecule has 0 saturated carbocycles. The van der Waals surface area contributed by atoms with Crippen LogP contribution in [0, 0.1) is 0 Å². The van der Waals surface area contributed by atoms with Crippen molar-refractivity contribution in [1.82, 2.24) is 0 Å². The summed E-state index contributed by atoms with van der Waals surface area (Å²) in [6.45, 7) is 1.55. The summed E-state index contributed by atoms with van der Waals surface area (Å²) in [4.78, 5) is 10.8. The van der Waals surface area contributed by atoms with Crippen molar-refractivity contribution in [2.24, 2.45) is 0 Å². The minimum Gasteiger partial charge on any atom is -0.393 e. The predicted molar refractivity (Wildman–Crippen MR) is 38.6 cm³/mol. The molecule has 1 aliphatic carbocycles. The molecule has 0 aromatic carbocycles. The van der Waals surface area contributed by atoms with E-state index in [2.05, 4.69) is 0 Å². The van der Waals surface area contributed by atoms with E-state index in [1.807, 2.05) is 6.08 Å². The van der Waals surface area contributed by atoms with Gasteiger partial charge in [0.1, 0.15) is 0 Å². The molecule has 0 radical (unpaired) electrons. The van der Waals surface area contributed by atoms with Crippen LogP contribution in [-0.2, 0) is 4.79 Å². The third kappa shape index (κ3) is 1.67. The molecule has 1 atom stereocenters. The van der Waals surface area contributed by atoms with Crippen molar-refractivity contribution in [3.05, 3.63) is 11.6 Å². The molecule has 1 unspecified atom stereocenters. The Balaban J connectivity index is 2.60. The number of aliphatic hydroxyl groups is 1. The maximum atomic E-state index is 10.8. The normalized spacial score (nSPS) is 25.8. The maximum Gasteiger partial charge on any atom is 0.155 e. The Morgan fingerprint density at radius 2 is 2.50 bits per heavy atom. The van der Waals surface area contributed by atoms with Crippen molar-refractivity contribution in [2.45, 2.75) is 32.3 Å². The molecule has 10 heavy (non-hydrogen) atoms. The van der Waals surface area contributed by atoms with Gasteiger partial charge in [-0.15, -0.1) is 0 Å². The number of carbonyl (C=O) groups excluding carboxylic acids is 1. The molecular weight excluding hydrogens is 128 g/mol. The van der Waals surface area contributed by atoms with E-state index < -0.39 is 0 Å². The van der Waals surface area contributed by atoms with Crippen LogP contribution < -0.4 is 0 Å². The first-order chi connectivity index (χ1) is 4.70. The van der Waals surface area contributed by atoms with Gasteiger partial charge in [0.05, 0.1) is 6.10 Å². The second kappa shape index (κ2) is 2.97. The van der Waals surface area contributed by atoms with Gasteiger partial charge in [-0.05, 0) is 25.3 Å². The number of aliphatic hydroxyl groups excluding tert-OH is 1. The zero-order valence-corrected chi connectivity index (χ0v) is 6.13. The van der Waals surface area contributed by atoms with Gasteiger partial charge >= 0.3 is 0 Å². The smallest absolute Gasteiger partial charge is 0.155 e. The third-order valence-electron chi connectivity index (χ3n) is 1.80. The first-order valence-corrected chi connectivity index (χ1v) is 3.58. The summed E-state index contributed by atoms with van der Waals surface area (Å²) in [5, 5.41) is 9.14. The fourth-order valence-electron chi connectivity index (χ4n) is 1.18. The Kier molecular flexibility index (Phi) is 2.22. The van der Waals surface area contributed by atoms with Crippen molar-refractivity contribution in [3.63, 3.8) is 0 Å². The van der Waals surface area contributed by atoms with E-state index in [0.29, 0.717) is 6.42 Å². The van der Waals surface area contributed by atoms with Crippen LogP contribution in [0.4, 0.5) is 0 Å². The van der Waals surface area contributed by atoms with Crippen molar-refractivity contribution in [1.29, 1.82) is 0 Å². The van der Waals surface area contributed by atoms with Crippen LogP contribution in [0.3, 0.4) is 0 Å². The van der Waals surface area contributed by atoms with Gasteiger partial charge in [0, 0.05) is 6.42 Å². The first kappa shape index (κ1) is 7.48. The lowest BCUT2D eigenvalue weighted by atomic mass is 9.95. The van der Waals surface area contributed by atoms with Gasteiger partial charge in [0.25, 0.3) is 0 Å². The Labute approximate surface area is 60.6 Å².